The molecule has 1 aromatic heterocycles. The molecule has 3 N–H and O–H groups in total. The van der Waals surface area contributed by atoms with Crippen LogP contribution < -0.4 is 4.72 Å². The van der Waals surface area contributed by atoms with Crippen molar-refractivity contribution in [3.8, 4) is 0 Å². The highest BCUT2D eigenvalue weighted by Gasteiger charge is 2.13. The summed E-state index contributed by atoms with van der Waals surface area (Å²) in [5.74, 6) is 0. The molecule has 0 spiro atoms. The van der Waals surface area contributed by atoms with Crippen molar-refractivity contribution in [2.75, 3.05) is 4.72 Å². The van der Waals surface area contributed by atoms with E-state index in [1.165, 1.54) is 23.5 Å². The molecule has 7 heteroatoms. The quantitative estimate of drug-likeness (QED) is 0.894. The number of sulfonamides is 1. The lowest BCUT2D eigenvalue weighted by molar-refractivity contribution is 0.601. The Morgan fingerprint density at radius 3 is 2.44 bits per heavy atom. The Balaban J connectivity index is 0.00000128. The van der Waals surface area contributed by atoms with E-state index in [0.717, 1.165) is 0 Å². The smallest absolute Gasteiger partial charge is 0.263 e. The minimum absolute atomic E-state index is 0. The molecule has 1 heterocycles. The lowest BCUT2D eigenvalue weighted by Gasteiger charge is -2.03. The Hall–Kier alpha value is -1.44. The third kappa shape index (κ3) is 2.78. The van der Waals surface area contributed by atoms with Gasteiger partial charge in [0.15, 0.2) is 5.13 Å². The third-order valence-electron chi connectivity index (χ3n) is 1.71. The van der Waals surface area contributed by atoms with Crippen LogP contribution in [0.3, 0.4) is 0 Å². The van der Waals surface area contributed by atoms with Gasteiger partial charge in [0.1, 0.15) is 0 Å². The molecule has 0 aliphatic carbocycles. The minimum Gasteiger partial charge on any atom is -0.412 e. The van der Waals surface area contributed by atoms with Crippen LogP contribution in [0.15, 0.2) is 46.8 Å². The monoisotopic (exact) mass is 258 g/mol. The molecule has 2 aromatic rings. The summed E-state index contributed by atoms with van der Waals surface area (Å²) in [6, 6.07) is 8.20. The van der Waals surface area contributed by atoms with Gasteiger partial charge in [-0.15, -0.1) is 11.3 Å². The molecule has 5 nitrogen and oxygen atoms in total. The molecule has 86 valence electrons. The molecule has 0 saturated carbocycles. The second-order valence-electron chi connectivity index (χ2n) is 2.76. The fraction of sp³-hybridized carbons (Fsp3) is 0. The Labute approximate surface area is 97.1 Å². The maximum atomic E-state index is 11.8. The normalized spacial score (nSPS) is 10.5. The van der Waals surface area contributed by atoms with Crippen LogP contribution in [0.1, 0.15) is 0 Å². The number of nitrogens with zero attached hydrogens (tertiary/aromatic N) is 1. The summed E-state index contributed by atoms with van der Waals surface area (Å²) in [5.41, 5.74) is 0. The first kappa shape index (κ1) is 12.6. The van der Waals surface area contributed by atoms with E-state index in [1.54, 1.807) is 29.8 Å². The summed E-state index contributed by atoms with van der Waals surface area (Å²) in [6.07, 6.45) is 1.55. The van der Waals surface area contributed by atoms with Crippen LogP contribution in [0.5, 0.6) is 0 Å². The van der Waals surface area contributed by atoms with Gasteiger partial charge in [-0.2, -0.15) is 0 Å². The van der Waals surface area contributed by atoms with Gasteiger partial charge < -0.3 is 5.48 Å². The largest absolute Gasteiger partial charge is 0.412 e. The predicted molar refractivity (Wildman–Crippen MR) is 63.0 cm³/mol. The van der Waals surface area contributed by atoms with Crippen LogP contribution in [-0.4, -0.2) is 18.9 Å². The maximum absolute atomic E-state index is 11.8. The van der Waals surface area contributed by atoms with Gasteiger partial charge in [0.25, 0.3) is 10.0 Å². The second kappa shape index (κ2) is 5.06. The van der Waals surface area contributed by atoms with E-state index in [2.05, 4.69) is 9.71 Å². The molecule has 0 aliphatic heterocycles. The van der Waals surface area contributed by atoms with E-state index >= 15 is 0 Å². The molecule has 0 amide bonds. The molecule has 0 saturated heterocycles. The van der Waals surface area contributed by atoms with Crippen LogP contribution >= 0.6 is 11.3 Å². The summed E-state index contributed by atoms with van der Waals surface area (Å²) in [4.78, 5) is 4.09. The lowest BCUT2D eigenvalue weighted by atomic mass is 10.4. The number of nitrogens with one attached hydrogen (secondary N) is 1. The van der Waals surface area contributed by atoms with Gasteiger partial charge in [0, 0.05) is 11.6 Å². The fourth-order valence-corrected chi connectivity index (χ4v) is 2.86. The molecule has 1 aromatic carbocycles. The van der Waals surface area contributed by atoms with Crippen molar-refractivity contribution in [1.29, 1.82) is 0 Å². The Morgan fingerprint density at radius 1 is 1.19 bits per heavy atom. The van der Waals surface area contributed by atoms with Crippen molar-refractivity contribution >= 4 is 26.5 Å². The molecule has 2 rings (SSSR count). The zero-order chi connectivity index (χ0) is 10.7. The number of aromatic nitrogens is 1. The first-order valence-corrected chi connectivity index (χ1v) is 6.52. The number of hydrogen-bond acceptors (Lipinski definition) is 4. The summed E-state index contributed by atoms with van der Waals surface area (Å²) in [7, 11) is -3.49. The van der Waals surface area contributed by atoms with E-state index in [1.807, 2.05) is 0 Å². The molecule has 0 fully saturated rings. The average molecular weight is 258 g/mol. The van der Waals surface area contributed by atoms with Crippen molar-refractivity contribution in [3.05, 3.63) is 41.9 Å². The van der Waals surface area contributed by atoms with Gasteiger partial charge in [-0.25, -0.2) is 13.4 Å². The molecular formula is C9H10N2O3S2. The lowest BCUT2D eigenvalue weighted by Crippen LogP contribution is -2.12. The van der Waals surface area contributed by atoms with Crippen LogP contribution in [0.4, 0.5) is 5.13 Å². The first-order chi connectivity index (χ1) is 7.18. The van der Waals surface area contributed by atoms with Crippen molar-refractivity contribution in [2.24, 2.45) is 0 Å². The predicted octanol–water partition coefficient (Wildman–Crippen LogP) is 1.12. The van der Waals surface area contributed by atoms with Crippen molar-refractivity contribution in [3.63, 3.8) is 0 Å². The highest BCUT2D eigenvalue weighted by atomic mass is 32.2. The highest BCUT2D eigenvalue weighted by Crippen LogP contribution is 2.17. The van der Waals surface area contributed by atoms with Gasteiger partial charge >= 0.3 is 0 Å². The van der Waals surface area contributed by atoms with Crippen LogP contribution in [0.2, 0.25) is 0 Å². The number of anilines is 1. The van der Waals surface area contributed by atoms with Gasteiger partial charge in [0.2, 0.25) is 0 Å². The molecule has 0 bridgehead atoms. The molecular weight excluding hydrogens is 248 g/mol. The van der Waals surface area contributed by atoms with Gasteiger partial charge in [0.05, 0.1) is 4.90 Å². The van der Waals surface area contributed by atoms with E-state index in [-0.39, 0.29) is 10.4 Å². The summed E-state index contributed by atoms with van der Waals surface area (Å²) >= 11 is 1.24. The standard InChI is InChI=1S/C9H8N2O2S2.H2O/c12-15(13,8-4-2-1-3-5-8)11-9-10-6-7-14-9;/h1-7H,(H,10,11);1H2. The number of benzene rings is 1. The van der Waals surface area contributed by atoms with Crippen LogP contribution in [-0.2, 0) is 10.0 Å². The van der Waals surface area contributed by atoms with E-state index in [0.29, 0.717) is 5.13 Å². The summed E-state index contributed by atoms with van der Waals surface area (Å²) in [5, 5.41) is 2.09. The Kier molecular flexibility index (Phi) is 3.99. The van der Waals surface area contributed by atoms with Gasteiger partial charge in [-0.05, 0) is 12.1 Å². The van der Waals surface area contributed by atoms with Gasteiger partial charge in [-0.3, -0.25) is 4.72 Å². The Bertz CT molecular complexity index is 523. The van der Waals surface area contributed by atoms with Crippen molar-refractivity contribution in [2.45, 2.75) is 4.90 Å². The van der Waals surface area contributed by atoms with Crippen LogP contribution in [0, 0.1) is 0 Å². The average Bonchev–Trinajstić information content (AvgIpc) is 2.71. The zero-order valence-electron chi connectivity index (χ0n) is 8.12. The molecule has 0 radical (unpaired) electrons. The molecule has 16 heavy (non-hydrogen) atoms. The second-order valence-corrected chi connectivity index (χ2v) is 5.33. The van der Waals surface area contributed by atoms with E-state index < -0.39 is 10.0 Å². The topological polar surface area (TPSA) is 90.6 Å². The maximum Gasteiger partial charge on any atom is 0.263 e. The Morgan fingerprint density at radius 2 is 1.88 bits per heavy atom. The fourth-order valence-electron chi connectivity index (χ4n) is 1.05. The minimum atomic E-state index is -3.49. The highest BCUT2D eigenvalue weighted by molar-refractivity contribution is 7.93. The molecule has 0 atom stereocenters. The molecule has 0 unspecified atom stereocenters. The summed E-state index contributed by atoms with van der Waals surface area (Å²) in [6.45, 7) is 0. The molecule has 0 aliphatic rings. The van der Waals surface area contributed by atoms with E-state index in [9.17, 15) is 8.42 Å². The van der Waals surface area contributed by atoms with Crippen molar-refractivity contribution in [1.82, 2.24) is 4.98 Å². The van der Waals surface area contributed by atoms with E-state index in [4.69, 9.17) is 0 Å². The summed E-state index contributed by atoms with van der Waals surface area (Å²) < 4.78 is 25.9. The first-order valence-electron chi connectivity index (χ1n) is 4.16. The van der Waals surface area contributed by atoms with Crippen LogP contribution in [0.25, 0.3) is 0 Å². The SMILES string of the molecule is O.O=S(=O)(Nc1nccs1)c1ccccc1. The zero-order valence-corrected chi connectivity index (χ0v) is 9.75. The number of thiazole rings is 1. The third-order valence-corrected chi connectivity index (χ3v) is 3.88. The number of rotatable bonds is 3. The van der Waals surface area contributed by atoms with Gasteiger partial charge in [-0.1, -0.05) is 18.2 Å². The van der Waals surface area contributed by atoms with Crippen molar-refractivity contribution < 1.29 is 13.9 Å². The number of hydrogen-bond donors (Lipinski definition) is 1.